The van der Waals surface area contributed by atoms with E-state index in [-0.39, 0.29) is 11.7 Å². The van der Waals surface area contributed by atoms with Crippen LogP contribution in [-0.2, 0) is 6.18 Å². The molecule has 0 atom stereocenters. The van der Waals surface area contributed by atoms with Gasteiger partial charge < -0.3 is 9.52 Å². The van der Waals surface area contributed by atoms with Crippen molar-refractivity contribution >= 4 is 17.1 Å². The van der Waals surface area contributed by atoms with Crippen LogP contribution in [0.3, 0.4) is 0 Å². The van der Waals surface area contributed by atoms with Gasteiger partial charge in [-0.1, -0.05) is 26.0 Å². The highest BCUT2D eigenvalue weighted by molar-refractivity contribution is 5.91. The lowest BCUT2D eigenvalue weighted by Crippen LogP contribution is -2.04. The molecule has 0 bridgehead atoms. The molecule has 0 saturated heterocycles. The Morgan fingerprint density at radius 1 is 1.16 bits per heavy atom. The molecule has 2 aromatic heterocycles. The van der Waals surface area contributed by atoms with Crippen molar-refractivity contribution in [1.29, 1.82) is 0 Å². The molecular weight excluding hydrogens is 335 g/mol. The van der Waals surface area contributed by atoms with Crippen LogP contribution in [0.2, 0.25) is 0 Å². The quantitative estimate of drug-likeness (QED) is 0.694. The summed E-state index contributed by atoms with van der Waals surface area (Å²) >= 11 is 0. The molecule has 0 radical (unpaired) electrons. The van der Waals surface area contributed by atoms with Gasteiger partial charge in [0.25, 0.3) is 0 Å². The number of carboxylic acid groups (broad SMARTS) is 1. The molecule has 0 amide bonds. The number of fused-ring (bicyclic) bond motifs is 1. The largest absolute Gasteiger partial charge is 0.475 e. The van der Waals surface area contributed by atoms with Gasteiger partial charge in [0, 0.05) is 17.2 Å². The Morgan fingerprint density at radius 3 is 2.32 bits per heavy atom. The van der Waals surface area contributed by atoms with E-state index in [4.69, 9.17) is 9.52 Å². The lowest BCUT2D eigenvalue weighted by Gasteiger charge is -2.10. The number of furan rings is 1. The van der Waals surface area contributed by atoms with Crippen molar-refractivity contribution in [2.24, 2.45) is 0 Å². The summed E-state index contributed by atoms with van der Waals surface area (Å²) in [6.07, 6.45) is -4.40. The Morgan fingerprint density at radius 2 is 1.80 bits per heavy atom. The summed E-state index contributed by atoms with van der Waals surface area (Å²) in [4.78, 5) is 15.5. The van der Waals surface area contributed by atoms with E-state index in [1.54, 1.807) is 6.07 Å². The molecule has 1 N–H and O–H groups in total. The first-order valence-electron chi connectivity index (χ1n) is 7.52. The normalized spacial score (nSPS) is 12.1. The molecule has 0 aliphatic carbocycles. The molecule has 3 rings (SSSR count). The first-order valence-corrected chi connectivity index (χ1v) is 7.52. The summed E-state index contributed by atoms with van der Waals surface area (Å²) in [6, 6.07) is 7.71. The number of nitrogens with zero attached hydrogens (tertiary/aromatic N) is 1. The lowest BCUT2D eigenvalue weighted by atomic mass is 9.99. The third kappa shape index (κ3) is 3.22. The first kappa shape index (κ1) is 17.0. The van der Waals surface area contributed by atoms with E-state index in [9.17, 15) is 18.0 Å². The predicted octanol–water partition coefficient (Wildman–Crippen LogP) is 5.34. The van der Waals surface area contributed by atoms with Gasteiger partial charge in [-0.25, -0.2) is 9.78 Å². The van der Waals surface area contributed by atoms with Gasteiger partial charge in [0.2, 0.25) is 5.76 Å². The van der Waals surface area contributed by atoms with E-state index in [1.165, 1.54) is 18.2 Å². The van der Waals surface area contributed by atoms with E-state index < -0.39 is 17.7 Å². The van der Waals surface area contributed by atoms with Crippen molar-refractivity contribution in [3.8, 4) is 11.3 Å². The lowest BCUT2D eigenvalue weighted by molar-refractivity contribution is -0.137. The summed E-state index contributed by atoms with van der Waals surface area (Å²) in [7, 11) is 0. The molecule has 4 nitrogen and oxygen atoms in total. The molecule has 0 fully saturated rings. The van der Waals surface area contributed by atoms with E-state index in [2.05, 4.69) is 4.98 Å². The minimum Gasteiger partial charge on any atom is -0.475 e. The van der Waals surface area contributed by atoms with Crippen molar-refractivity contribution in [3.63, 3.8) is 0 Å². The average molecular weight is 349 g/mol. The van der Waals surface area contributed by atoms with Crippen LogP contribution in [-0.4, -0.2) is 16.1 Å². The zero-order chi connectivity index (χ0) is 18.4. The molecule has 0 saturated carbocycles. The number of benzene rings is 1. The number of alkyl halides is 3. The minimum absolute atomic E-state index is 0.0199. The standard InChI is InChI=1S/C18H14F3NO3/c1-9(2)12-7-13(10-3-5-11(6-4-10)18(19,20)21)22-14-8-15(17(23)24)25-16(12)14/h3-9H,1-2H3,(H,23,24). The molecule has 7 heteroatoms. The topological polar surface area (TPSA) is 63.3 Å². The Labute approximate surface area is 140 Å². The SMILES string of the molecule is CC(C)c1cc(-c2ccc(C(F)(F)F)cc2)nc2cc(C(=O)O)oc12. The molecule has 25 heavy (non-hydrogen) atoms. The summed E-state index contributed by atoms with van der Waals surface area (Å²) in [5.74, 6) is -1.41. The molecule has 0 aliphatic heterocycles. The highest BCUT2D eigenvalue weighted by Gasteiger charge is 2.30. The summed E-state index contributed by atoms with van der Waals surface area (Å²) < 4.78 is 43.5. The van der Waals surface area contributed by atoms with E-state index in [0.29, 0.717) is 22.4 Å². The fraction of sp³-hybridized carbons (Fsp3) is 0.222. The molecule has 0 aliphatic rings. The second-order valence-electron chi connectivity index (χ2n) is 5.96. The predicted molar refractivity (Wildman–Crippen MR) is 85.5 cm³/mol. The van der Waals surface area contributed by atoms with Gasteiger partial charge in [-0.05, 0) is 24.1 Å². The maximum Gasteiger partial charge on any atom is 0.416 e. The van der Waals surface area contributed by atoms with Crippen LogP contribution in [0.15, 0.2) is 40.8 Å². The fourth-order valence-corrected chi connectivity index (χ4v) is 2.56. The summed E-state index contributed by atoms with van der Waals surface area (Å²) in [6.45, 7) is 3.82. The molecule has 2 heterocycles. The second kappa shape index (κ2) is 5.91. The van der Waals surface area contributed by atoms with E-state index in [0.717, 1.165) is 17.7 Å². The van der Waals surface area contributed by atoms with Crippen LogP contribution in [0.4, 0.5) is 13.2 Å². The molecule has 1 aromatic carbocycles. The number of aromatic nitrogens is 1. The number of hydrogen-bond acceptors (Lipinski definition) is 3. The van der Waals surface area contributed by atoms with Crippen molar-refractivity contribution in [3.05, 3.63) is 53.3 Å². The Kier molecular flexibility index (Phi) is 4.02. The molecule has 130 valence electrons. The van der Waals surface area contributed by atoms with Gasteiger partial charge in [-0.3, -0.25) is 0 Å². The van der Waals surface area contributed by atoms with Crippen molar-refractivity contribution in [2.75, 3.05) is 0 Å². The monoisotopic (exact) mass is 349 g/mol. The van der Waals surface area contributed by atoms with Crippen LogP contribution in [0.25, 0.3) is 22.4 Å². The number of halogens is 3. The van der Waals surface area contributed by atoms with E-state index in [1.807, 2.05) is 13.8 Å². The molecular formula is C18H14F3NO3. The van der Waals surface area contributed by atoms with Gasteiger partial charge in [0.1, 0.15) is 5.52 Å². The van der Waals surface area contributed by atoms with Crippen LogP contribution in [0, 0.1) is 0 Å². The molecule has 0 spiro atoms. The van der Waals surface area contributed by atoms with Crippen LogP contribution in [0.1, 0.15) is 41.4 Å². The Hall–Kier alpha value is -2.83. The average Bonchev–Trinajstić information content (AvgIpc) is 2.97. The summed E-state index contributed by atoms with van der Waals surface area (Å²) in [5.41, 5.74) is 1.71. The van der Waals surface area contributed by atoms with Gasteiger partial charge in [-0.2, -0.15) is 13.2 Å². The third-order valence-electron chi connectivity index (χ3n) is 3.85. The second-order valence-corrected chi connectivity index (χ2v) is 5.96. The zero-order valence-corrected chi connectivity index (χ0v) is 13.4. The van der Waals surface area contributed by atoms with Crippen LogP contribution in [0.5, 0.6) is 0 Å². The number of hydrogen-bond donors (Lipinski definition) is 1. The maximum absolute atomic E-state index is 12.7. The molecule has 3 aromatic rings. The number of carboxylic acids is 1. The zero-order valence-electron chi connectivity index (χ0n) is 13.4. The number of aromatic carboxylic acids is 1. The Balaban J connectivity index is 2.14. The number of rotatable bonds is 3. The van der Waals surface area contributed by atoms with Crippen LogP contribution < -0.4 is 0 Å². The number of carbonyl (C=O) groups is 1. The van der Waals surface area contributed by atoms with Crippen molar-refractivity contribution < 1.29 is 27.5 Å². The highest BCUT2D eigenvalue weighted by atomic mass is 19.4. The molecule has 0 unspecified atom stereocenters. The van der Waals surface area contributed by atoms with Crippen molar-refractivity contribution in [2.45, 2.75) is 25.9 Å². The fourth-order valence-electron chi connectivity index (χ4n) is 2.56. The number of pyridine rings is 1. The summed E-state index contributed by atoms with van der Waals surface area (Å²) in [5, 5.41) is 9.08. The Bertz CT molecular complexity index is 941. The van der Waals surface area contributed by atoms with E-state index >= 15 is 0 Å². The van der Waals surface area contributed by atoms with Crippen molar-refractivity contribution in [1.82, 2.24) is 4.98 Å². The van der Waals surface area contributed by atoms with Crippen LogP contribution >= 0.6 is 0 Å². The van der Waals surface area contributed by atoms with Gasteiger partial charge in [0.15, 0.2) is 5.58 Å². The first-order chi connectivity index (χ1) is 11.7. The smallest absolute Gasteiger partial charge is 0.416 e. The minimum atomic E-state index is -4.40. The van der Waals surface area contributed by atoms with Gasteiger partial charge in [0.05, 0.1) is 11.3 Å². The highest BCUT2D eigenvalue weighted by Crippen LogP contribution is 2.33. The van der Waals surface area contributed by atoms with Gasteiger partial charge in [-0.15, -0.1) is 0 Å². The third-order valence-corrected chi connectivity index (χ3v) is 3.85. The maximum atomic E-state index is 12.7. The van der Waals surface area contributed by atoms with Gasteiger partial charge >= 0.3 is 12.1 Å².